The van der Waals surface area contributed by atoms with Crippen molar-refractivity contribution >= 4 is 23.4 Å². The van der Waals surface area contributed by atoms with Gasteiger partial charge in [-0.3, -0.25) is 0 Å². The maximum Gasteiger partial charge on any atom is 0.0545 e. The average Bonchev–Trinajstić information content (AvgIpc) is 2.18. The average molecular weight is 230 g/mol. The highest BCUT2D eigenvalue weighted by molar-refractivity contribution is 7.98. The van der Waals surface area contributed by atoms with Gasteiger partial charge in [0.25, 0.3) is 0 Å². The maximum atomic E-state index is 6.13. The van der Waals surface area contributed by atoms with Gasteiger partial charge >= 0.3 is 0 Å². The van der Waals surface area contributed by atoms with Crippen molar-refractivity contribution in [3.63, 3.8) is 0 Å². The molecule has 1 atom stereocenters. The first-order valence-corrected chi connectivity index (χ1v) is 6.36. The Morgan fingerprint density at radius 2 is 2.21 bits per heavy atom. The molecule has 0 saturated heterocycles. The predicted octanol–water partition coefficient (Wildman–Crippen LogP) is 3.73. The van der Waals surface area contributed by atoms with E-state index in [2.05, 4.69) is 31.3 Å². The molecule has 1 aromatic rings. The Balaban J connectivity index is 2.85. The molecule has 0 aromatic heterocycles. The van der Waals surface area contributed by atoms with E-state index in [0.29, 0.717) is 6.04 Å². The number of halogens is 1. The van der Waals surface area contributed by atoms with Gasteiger partial charge in [0.15, 0.2) is 0 Å². The summed E-state index contributed by atoms with van der Waals surface area (Å²) in [6.07, 6.45) is 2.04. The van der Waals surface area contributed by atoms with Crippen LogP contribution in [0.2, 0.25) is 5.02 Å². The van der Waals surface area contributed by atoms with Crippen molar-refractivity contribution in [1.82, 2.24) is 5.32 Å². The van der Waals surface area contributed by atoms with Crippen molar-refractivity contribution in [3.8, 4) is 0 Å². The fourth-order valence-electron chi connectivity index (χ4n) is 1.38. The Labute approximate surface area is 95.2 Å². The number of benzene rings is 1. The van der Waals surface area contributed by atoms with E-state index >= 15 is 0 Å². The van der Waals surface area contributed by atoms with Gasteiger partial charge in [-0.1, -0.05) is 24.6 Å². The molecule has 0 aliphatic heterocycles. The van der Waals surface area contributed by atoms with Gasteiger partial charge < -0.3 is 5.32 Å². The number of hydrogen-bond donors (Lipinski definition) is 1. The van der Waals surface area contributed by atoms with E-state index in [1.165, 1.54) is 5.56 Å². The monoisotopic (exact) mass is 229 g/mol. The van der Waals surface area contributed by atoms with E-state index in [1.54, 1.807) is 11.8 Å². The van der Waals surface area contributed by atoms with Crippen LogP contribution in [0.25, 0.3) is 0 Å². The van der Waals surface area contributed by atoms with Crippen molar-refractivity contribution < 1.29 is 0 Å². The summed E-state index contributed by atoms with van der Waals surface area (Å²) in [4.78, 5) is 1.14. The van der Waals surface area contributed by atoms with Crippen molar-refractivity contribution in [2.24, 2.45) is 0 Å². The molecule has 3 heteroatoms. The van der Waals surface area contributed by atoms with Gasteiger partial charge in [0.2, 0.25) is 0 Å². The lowest BCUT2D eigenvalue weighted by Gasteiger charge is -2.13. The molecule has 0 bridgehead atoms. The first-order valence-electron chi connectivity index (χ1n) is 4.75. The van der Waals surface area contributed by atoms with Crippen molar-refractivity contribution in [2.45, 2.75) is 24.8 Å². The summed E-state index contributed by atoms with van der Waals surface area (Å²) < 4.78 is 0. The number of rotatable bonds is 4. The third-order valence-corrected chi connectivity index (χ3v) is 3.41. The zero-order valence-corrected chi connectivity index (χ0v) is 10.4. The fourth-order valence-corrected chi connectivity index (χ4v) is 2.25. The Morgan fingerprint density at radius 1 is 1.50 bits per heavy atom. The highest BCUT2D eigenvalue weighted by Crippen LogP contribution is 2.27. The number of nitrogens with one attached hydrogen (secondary N) is 1. The van der Waals surface area contributed by atoms with Crippen LogP contribution in [0.3, 0.4) is 0 Å². The molecule has 78 valence electrons. The maximum absolute atomic E-state index is 6.13. The third-order valence-electron chi connectivity index (χ3n) is 2.19. The molecule has 0 radical (unpaired) electrons. The van der Waals surface area contributed by atoms with Gasteiger partial charge in [-0.2, -0.15) is 0 Å². The van der Waals surface area contributed by atoms with E-state index in [4.69, 9.17) is 11.6 Å². The van der Waals surface area contributed by atoms with Crippen molar-refractivity contribution in [2.75, 3.05) is 12.8 Å². The summed E-state index contributed by atoms with van der Waals surface area (Å²) in [6.45, 7) is 5.23. The molecule has 0 saturated carbocycles. The Bertz CT molecular complexity index is 301. The quantitative estimate of drug-likeness (QED) is 0.790. The molecular weight excluding hydrogens is 214 g/mol. The first-order chi connectivity index (χ1) is 6.69. The van der Waals surface area contributed by atoms with E-state index in [1.807, 2.05) is 12.3 Å². The summed E-state index contributed by atoms with van der Waals surface area (Å²) >= 11 is 7.80. The van der Waals surface area contributed by atoms with Gasteiger partial charge in [0.05, 0.1) is 5.02 Å². The predicted molar refractivity (Wildman–Crippen MR) is 65.3 cm³/mol. The molecule has 1 nitrogen and oxygen atoms in total. The SMILES string of the molecule is CCNC(C)c1ccc(SC)c(Cl)c1. The minimum atomic E-state index is 0.369. The van der Waals surface area contributed by atoms with E-state index in [-0.39, 0.29) is 0 Å². The topological polar surface area (TPSA) is 12.0 Å². The van der Waals surface area contributed by atoms with Gasteiger partial charge in [-0.05, 0) is 37.4 Å². The molecule has 1 N–H and O–H groups in total. The lowest BCUT2D eigenvalue weighted by molar-refractivity contribution is 0.598. The Morgan fingerprint density at radius 3 is 2.71 bits per heavy atom. The van der Waals surface area contributed by atoms with E-state index in [0.717, 1.165) is 16.5 Å². The highest BCUT2D eigenvalue weighted by Gasteiger charge is 2.06. The standard InChI is InChI=1S/C11H16ClNS/c1-4-13-8(2)9-5-6-11(14-3)10(12)7-9/h5-8,13H,4H2,1-3H3. The molecule has 0 spiro atoms. The second-order valence-electron chi connectivity index (χ2n) is 3.17. The second-order valence-corrected chi connectivity index (χ2v) is 4.43. The summed E-state index contributed by atoms with van der Waals surface area (Å²) in [5.41, 5.74) is 1.25. The summed E-state index contributed by atoms with van der Waals surface area (Å²) in [7, 11) is 0. The van der Waals surface area contributed by atoms with Gasteiger partial charge in [0, 0.05) is 10.9 Å². The minimum absolute atomic E-state index is 0.369. The zero-order valence-electron chi connectivity index (χ0n) is 8.80. The smallest absolute Gasteiger partial charge is 0.0545 e. The van der Waals surface area contributed by atoms with Crippen LogP contribution in [-0.4, -0.2) is 12.8 Å². The molecule has 0 aliphatic rings. The third kappa shape index (κ3) is 2.91. The Hall–Kier alpha value is -0.180. The number of thioether (sulfide) groups is 1. The van der Waals surface area contributed by atoms with Crippen LogP contribution >= 0.6 is 23.4 Å². The largest absolute Gasteiger partial charge is 0.310 e. The van der Waals surface area contributed by atoms with E-state index < -0.39 is 0 Å². The lowest BCUT2D eigenvalue weighted by Crippen LogP contribution is -2.17. The molecule has 0 aliphatic carbocycles. The van der Waals surface area contributed by atoms with Gasteiger partial charge in [-0.15, -0.1) is 11.8 Å². The molecule has 1 aromatic carbocycles. The molecule has 1 rings (SSSR count). The van der Waals surface area contributed by atoms with Gasteiger partial charge in [-0.25, -0.2) is 0 Å². The second kappa shape index (κ2) is 5.64. The summed E-state index contributed by atoms with van der Waals surface area (Å²) in [5.74, 6) is 0. The molecule has 0 fully saturated rings. The zero-order chi connectivity index (χ0) is 10.6. The lowest BCUT2D eigenvalue weighted by atomic mass is 10.1. The van der Waals surface area contributed by atoms with Crippen LogP contribution in [0.4, 0.5) is 0 Å². The van der Waals surface area contributed by atoms with Crippen LogP contribution < -0.4 is 5.32 Å². The van der Waals surface area contributed by atoms with Gasteiger partial charge in [0.1, 0.15) is 0 Å². The highest BCUT2D eigenvalue weighted by atomic mass is 35.5. The first kappa shape index (κ1) is 11.9. The molecule has 14 heavy (non-hydrogen) atoms. The Kier molecular flexibility index (Phi) is 4.79. The molecule has 0 heterocycles. The molecular formula is C11H16ClNS. The van der Waals surface area contributed by atoms with Crippen LogP contribution in [0.5, 0.6) is 0 Å². The van der Waals surface area contributed by atoms with Crippen molar-refractivity contribution in [3.05, 3.63) is 28.8 Å². The normalized spacial score (nSPS) is 12.9. The summed E-state index contributed by atoms with van der Waals surface area (Å²) in [6, 6.07) is 6.62. The van der Waals surface area contributed by atoms with Crippen LogP contribution in [0.1, 0.15) is 25.5 Å². The van der Waals surface area contributed by atoms with Crippen LogP contribution in [0, 0.1) is 0 Å². The molecule has 0 amide bonds. The summed E-state index contributed by atoms with van der Waals surface area (Å²) in [5, 5.41) is 4.21. The van der Waals surface area contributed by atoms with Crippen LogP contribution in [0.15, 0.2) is 23.1 Å². The number of hydrogen-bond acceptors (Lipinski definition) is 2. The molecule has 1 unspecified atom stereocenters. The minimum Gasteiger partial charge on any atom is -0.310 e. The van der Waals surface area contributed by atoms with Crippen molar-refractivity contribution in [1.29, 1.82) is 0 Å². The van der Waals surface area contributed by atoms with Crippen LogP contribution in [-0.2, 0) is 0 Å². The van der Waals surface area contributed by atoms with E-state index in [9.17, 15) is 0 Å². The fraction of sp³-hybridized carbons (Fsp3) is 0.455.